The van der Waals surface area contributed by atoms with Gasteiger partial charge in [0.05, 0.1) is 6.54 Å². The number of aromatic nitrogens is 1. The second-order valence-electron chi connectivity index (χ2n) is 5.75. The van der Waals surface area contributed by atoms with Crippen LogP contribution in [0.25, 0.3) is 0 Å². The SMILES string of the molecule is O=C(Nc1ccc2c(c1)OCCO2)c1ccc(Cn2ccccc2=O)o1. The fourth-order valence-corrected chi connectivity index (χ4v) is 2.66. The van der Waals surface area contributed by atoms with Gasteiger partial charge in [0, 0.05) is 24.0 Å². The molecule has 7 nitrogen and oxygen atoms in total. The average molecular weight is 352 g/mol. The molecule has 3 heterocycles. The van der Waals surface area contributed by atoms with E-state index in [2.05, 4.69) is 5.32 Å². The minimum Gasteiger partial charge on any atom is -0.486 e. The van der Waals surface area contributed by atoms with Gasteiger partial charge in [0.25, 0.3) is 11.5 Å². The van der Waals surface area contributed by atoms with Gasteiger partial charge in [-0.3, -0.25) is 9.59 Å². The Bertz CT molecular complexity index is 1000. The van der Waals surface area contributed by atoms with Crippen molar-refractivity contribution in [1.29, 1.82) is 0 Å². The lowest BCUT2D eigenvalue weighted by atomic mass is 10.2. The Labute approximate surface area is 148 Å². The van der Waals surface area contributed by atoms with Gasteiger partial charge in [0.15, 0.2) is 17.3 Å². The summed E-state index contributed by atoms with van der Waals surface area (Å²) in [4.78, 5) is 24.1. The third-order valence-electron chi connectivity index (χ3n) is 3.91. The first-order chi connectivity index (χ1) is 12.7. The van der Waals surface area contributed by atoms with E-state index in [0.717, 1.165) is 0 Å². The van der Waals surface area contributed by atoms with Crippen molar-refractivity contribution in [3.05, 3.63) is 76.6 Å². The van der Waals surface area contributed by atoms with Crippen LogP contribution in [0.4, 0.5) is 5.69 Å². The summed E-state index contributed by atoms with van der Waals surface area (Å²) in [6.45, 7) is 1.25. The van der Waals surface area contributed by atoms with Gasteiger partial charge in [-0.2, -0.15) is 0 Å². The molecule has 132 valence electrons. The van der Waals surface area contributed by atoms with Crippen molar-refractivity contribution in [2.45, 2.75) is 6.54 Å². The molecule has 0 spiro atoms. The highest BCUT2D eigenvalue weighted by Gasteiger charge is 2.15. The number of anilines is 1. The van der Waals surface area contributed by atoms with Crippen LogP contribution in [0.3, 0.4) is 0 Å². The van der Waals surface area contributed by atoms with Gasteiger partial charge in [-0.25, -0.2) is 0 Å². The number of ether oxygens (including phenoxy) is 2. The third-order valence-corrected chi connectivity index (χ3v) is 3.91. The van der Waals surface area contributed by atoms with Gasteiger partial charge < -0.3 is 23.8 Å². The van der Waals surface area contributed by atoms with Crippen LogP contribution in [0.2, 0.25) is 0 Å². The molecule has 2 aromatic heterocycles. The molecule has 0 atom stereocenters. The van der Waals surface area contributed by atoms with E-state index in [1.54, 1.807) is 48.7 Å². The van der Waals surface area contributed by atoms with Gasteiger partial charge in [0.1, 0.15) is 19.0 Å². The van der Waals surface area contributed by atoms with Gasteiger partial charge >= 0.3 is 0 Å². The molecule has 1 aromatic carbocycles. The van der Waals surface area contributed by atoms with Crippen LogP contribution in [0.1, 0.15) is 16.3 Å². The minimum atomic E-state index is -0.381. The highest BCUT2D eigenvalue weighted by Crippen LogP contribution is 2.32. The predicted octanol–water partition coefficient (Wildman–Crippen LogP) is 2.51. The number of carbonyl (C=O) groups is 1. The summed E-state index contributed by atoms with van der Waals surface area (Å²) in [5.41, 5.74) is 0.447. The number of amides is 1. The van der Waals surface area contributed by atoms with E-state index >= 15 is 0 Å². The van der Waals surface area contributed by atoms with Crippen molar-refractivity contribution in [2.24, 2.45) is 0 Å². The molecule has 0 bridgehead atoms. The number of rotatable bonds is 4. The third kappa shape index (κ3) is 3.32. The first kappa shape index (κ1) is 16.0. The summed E-state index contributed by atoms with van der Waals surface area (Å²) in [5, 5.41) is 2.76. The maximum absolute atomic E-state index is 12.4. The Morgan fingerprint density at radius 2 is 1.88 bits per heavy atom. The second kappa shape index (κ2) is 6.79. The Hall–Kier alpha value is -3.48. The van der Waals surface area contributed by atoms with E-state index in [0.29, 0.717) is 36.2 Å². The van der Waals surface area contributed by atoms with Crippen LogP contribution in [-0.4, -0.2) is 23.7 Å². The summed E-state index contributed by atoms with van der Waals surface area (Å²) in [5.74, 6) is 1.55. The first-order valence-corrected chi connectivity index (χ1v) is 8.14. The zero-order valence-electron chi connectivity index (χ0n) is 13.8. The predicted molar refractivity (Wildman–Crippen MR) is 93.9 cm³/mol. The van der Waals surface area contributed by atoms with Crippen molar-refractivity contribution in [3.63, 3.8) is 0 Å². The highest BCUT2D eigenvalue weighted by atomic mass is 16.6. The summed E-state index contributed by atoms with van der Waals surface area (Å²) >= 11 is 0. The fourth-order valence-electron chi connectivity index (χ4n) is 2.66. The molecule has 0 saturated heterocycles. The molecule has 0 fully saturated rings. The van der Waals surface area contributed by atoms with Gasteiger partial charge in [0.2, 0.25) is 0 Å². The van der Waals surface area contributed by atoms with Crippen molar-refractivity contribution in [1.82, 2.24) is 4.57 Å². The van der Waals surface area contributed by atoms with Gasteiger partial charge in [-0.15, -0.1) is 0 Å². The Balaban J connectivity index is 1.46. The molecule has 0 unspecified atom stereocenters. The quantitative estimate of drug-likeness (QED) is 0.780. The number of nitrogens with one attached hydrogen (secondary N) is 1. The van der Waals surface area contributed by atoms with Crippen LogP contribution in [0.5, 0.6) is 11.5 Å². The smallest absolute Gasteiger partial charge is 0.291 e. The van der Waals surface area contributed by atoms with Crippen molar-refractivity contribution >= 4 is 11.6 Å². The summed E-state index contributed by atoms with van der Waals surface area (Å²) < 4.78 is 18.0. The molecule has 1 N–H and O–H groups in total. The standard InChI is InChI=1S/C19H16N2O5/c22-18-3-1-2-8-21(18)12-14-5-7-16(26-14)19(23)20-13-4-6-15-17(11-13)25-10-9-24-15/h1-8,11H,9-10,12H2,(H,20,23). The minimum absolute atomic E-state index is 0.133. The lowest BCUT2D eigenvalue weighted by molar-refractivity contribution is 0.0994. The summed E-state index contributed by atoms with van der Waals surface area (Å²) in [6.07, 6.45) is 1.67. The van der Waals surface area contributed by atoms with E-state index in [1.165, 1.54) is 10.6 Å². The maximum atomic E-state index is 12.4. The molecule has 0 saturated carbocycles. The maximum Gasteiger partial charge on any atom is 0.291 e. The van der Waals surface area contributed by atoms with E-state index in [1.807, 2.05) is 0 Å². The Kier molecular flexibility index (Phi) is 4.18. The molecule has 1 aliphatic rings. The number of carbonyl (C=O) groups excluding carboxylic acids is 1. The van der Waals surface area contributed by atoms with Crippen LogP contribution in [-0.2, 0) is 6.54 Å². The molecule has 1 aliphatic heterocycles. The van der Waals surface area contributed by atoms with E-state index in [-0.39, 0.29) is 23.8 Å². The monoisotopic (exact) mass is 352 g/mol. The van der Waals surface area contributed by atoms with Crippen molar-refractivity contribution < 1.29 is 18.7 Å². The molecular weight excluding hydrogens is 336 g/mol. The number of fused-ring (bicyclic) bond motifs is 1. The van der Waals surface area contributed by atoms with Crippen LogP contribution in [0, 0.1) is 0 Å². The van der Waals surface area contributed by atoms with Crippen LogP contribution < -0.4 is 20.3 Å². The highest BCUT2D eigenvalue weighted by molar-refractivity contribution is 6.02. The number of hydrogen-bond donors (Lipinski definition) is 1. The number of nitrogens with zero attached hydrogens (tertiary/aromatic N) is 1. The fraction of sp³-hybridized carbons (Fsp3) is 0.158. The average Bonchev–Trinajstić information content (AvgIpc) is 3.12. The zero-order valence-corrected chi connectivity index (χ0v) is 13.8. The summed E-state index contributed by atoms with van der Waals surface area (Å²) in [7, 11) is 0. The molecule has 0 aliphatic carbocycles. The lowest BCUT2D eigenvalue weighted by Crippen LogP contribution is -2.18. The lowest BCUT2D eigenvalue weighted by Gasteiger charge is -2.18. The molecule has 1 amide bonds. The topological polar surface area (TPSA) is 82.7 Å². The normalized spacial score (nSPS) is 12.6. The van der Waals surface area contributed by atoms with Crippen molar-refractivity contribution in [2.75, 3.05) is 18.5 Å². The van der Waals surface area contributed by atoms with E-state index in [9.17, 15) is 9.59 Å². The zero-order chi connectivity index (χ0) is 17.9. The molecule has 26 heavy (non-hydrogen) atoms. The van der Waals surface area contributed by atoms with E-state index in [4.69, 9.17) is 13.9 Å². The number of hydrogen-bond acceptors (Lipinski definition) is 5. The second-order valence-corrected chi connectivity index (χ2v) is 5.75. The number of benzene rings is 1. The van der Waals surface area contributed by atoms with Crippen molar-refractivity contribution in [3.8, 4) is 11.5 Å². The van der Waals surface area contributed by atoms with Gasteiger partial charge in [-0.05, 0) is 30.3 Å². The molecule has 7 heteroatoms. The summed E-state index contributed by atoms with van der Waals surface area (Å²) in [6, 6.07) is 13.4. The van der Waals surface area contributed by atoms with Gasteiger partial charge in [-0.1, -0.05) is 6.07 Å². The van der Waals surface area contributed by atoms with Crippen LogP contribution >= 0.6 is 0 Å². The molecule has 0 radical (unpaired) electrons. The molecule has 3 aromatic rings. The number of pyridine rings is 1. The molecular formula is C19H16N2O5. The first-order valence-electron chi connectivity index (χ1n) is 8.14. The number of furan rings is 1. The molecule has 4 rings (SSSR count). The Morgan fingerprint density at radius 1 is 1.04 bits per heavy atom. The Morgan fingerprint density at radius 3 is 2.73 bits per heavy atom. The van der Waals surface area contributed by atoms with E-state index < -0.39 is 0 Å². The largest absolute Gasteiger partial charge is 0.486 e. The van der Waals surface area contributed by atoms with Crippen LogP contribution in [0.15, 0.2) is 63.9 Å².